The summed E-state index contributed by atoms with van der Waals surface area (Å²) in [4.78, 5) is 14.2. The summed E-state index contributed by atoms with van der Waals surface area (Å²) in [6.07, 6.45) is 6.40. The molecule has 4 heteroatoms. The van der Waals surface area contributed by atoms with Crippen molar-refractivity contribution < 1.29 is 4.79 Å². The second-order valence-electron chi connectivity index (χ2n) is 4.31. The smallest absolute Gasteiger partial charge is 0.225 e. The molecule has 1 saturated carbocycles. The van der Waals surface area contributed by atoms with Crippen LogP contribution >= 0.6 is 12.2 Å². The quantitative estimate of drug-likeness (QED) is 0.745. The Bertz CT molecular complexity index is 237. The Morgan fingerprint density at radius 2 is 2.00 bits per heavy atom. The molecule has 1 aliphatic rings. The molecule has 0 aromatic rings. The van der Waals surface area contributed by atoms with Crippen LogP contribution in [0.1, 0.15) is 38.5 Å². The number of hydrogen-bond acceptors (Lipinski definition) is 2. The Labute approximate surface area is 97.0 Å². The van der Waals surface area contributed by atoms with Gasteiger partial charge in [0.25, 0.3) is 0 Å². The molecule has 0 aliphatic heterocycles. The minimum Gasteiger partial charge on any atom is -0.393 e. The van der Waals surface area contributed by atoms with Crippen molar-refractivity contribution in [1.82, 2.24) is 4.90 Å². The topological polar surface area (TPSA) is 46.3 Å². The van der Waals surface area contributed by atoms with Crippen molar-refractivity contribution in [1.29, 1.82) is 0 Å². The molecule has 3 nitrogen and oxygen atoms in total. The number of carbonyl (C=O) groups is 1. The first-order chi connectivity index (χ1) is 7.11. The van der Waals surface area contributed by atoms with Crippen LogP contribution in [-0.4, -0.2) is 29.4 Å². The van der Waals surface area contributed by atoms with Crippen LogP contribution in [0.2, 0.25) is 0 Å². The first-order valence-electron chi connectivity index (χ1n) is 5.64. The van der Waals surface area contributed by atoms with Gasteiger partial charge in [-0.15, -0.1) is 0 Å². The summed E-state index contributed by atoms with van der Waals surface area (Å²) in [5.74, 6) is 0.515. The van der Waals surface area contributed by atoms with Crippen LogP contribution in [0, 0.1) is 5.92 Å². The summed E-state index contributed by atoms with van der Waals surface area (Å²) in [7, 11) is 1.84. The molecular weight excluding hydrogens is 208 g/mol. The minimum atomic E-state index is 0.245. The fraction of sp³-hybridized carbons (Fsp3) is 0.818. The molecule has 0 spiro atoms. The highest BCUT2D eigenvalue weighted by molar-refractivity contribution is 7.80. The summed E-state index contributed by atoms with van der Waals surface area (Å²) >= 11 is 4.80. The third-order valence-electron chi connectivity index (χ3n) is 3.02. The predicted molar refractivity (Wildman–Crippen MR) is 65.6 cm³/mol. The molecule has 0 aromatic heterocycles. The number of carbonyl (C=O) groups excluding carboxylic acids is 1. The van der Waals surface area contributed by atoms with Crippen LogP contribution in [0.25, 0.3) is 0 Å². The molecule has 1 rings (SSSR count). The summed E-state index contributed by atoms with van der Waals surface area (Å²) in [5, 5.41) is 0. The fourth-order valence-electron chi connectivity index (χ4n) is 2.05. The van der Waals surface area contributed by atoms with Crippen molar-refractivity contribution in [3.05, 3.63) is 0 Å². The predicted octanol–water partition coefficient (Wildman–Crippen LogP) is 1.70. The lowest BCUT2D eigenvalue weighted by atomic mass is 9.88. The van der Waals surface area contributed by atoms with Crippen molar-refractivity contribution in [2.75, 3.05) is 13.6 Å². The minimum absolute atomic E-state index is 0.245. The third kappa shape index (κ3) is 4.16. The van der Waals surface area contributed by atoms with E-state index in [4.69, 9.17) is 18.0 Å². The molecule has 15 heavy (non-hydrogen) atoms. The zero-order valence-electron chi connectivity index (χ0n) is 9.37. The van der Waals surface area contributed by atoms with E-state index in [2.05, 4.69) is 0 Å². The van der Waals surface area contributed by atoms with E-state index in [0.29, 0.717) is 18.0 Å². The molecule has 2 N–H and O–H groups in total. The van der Waals surface area contributed by atoms with Gasteiger partial charge in [-0.25, -0.2) is 0 Å². The molecule has 0 radical (unpaired) electrons. The van der Waals surface area contributed by atoms with Crippen LogP contribution in [-0.2, 0) is 4.79 Å². The number of rotatable bonds is 4. The van der Waals surface area contributed by atoms with E-state index in [1.54, 1.807) is 4.90 Å². The van der Waals surface area contributed by atoms with E-state index >= 15 is 0 Å². The van der Waals surface area contributed by atoms with Gasteiger partial charge in [0.05, 0.1) is 4.99 Å². The van der Waals surface area contributed by atoms with Crippen LogP contribution in [0.5, 0.6) is 0 Å². The molecular formula is C11H20N2OS. The molecule has 0 bridgehead atoms. The number of hydrogen-bond donors (Lipinski definition) is 1. The molecule has 86 valence electrons. The van der Waals surface area contributed by atoms with Crippen molar-refractivity contribution in [3.63, 3.8) is 0 Å². The number of amides is 1. The van der Waals surface area contributed by atoms with E-state index in [9.17, 15) is 4.79 Å². The molecule has 1 amide bonds. The Morgan fingerprint density at radius 3 is 2.53 bits per heavy atom. The SMILES string of the molecule is CN(CCC(N)=S)C(=O)C1CCCCC1. The lowest BCUT2D eigenvalue weighted by Crippen LogP contribution is -2.35. The first kappa shape index (κ1) is 12.4. The van der Waals surface area contributed by atoms with Gasteiger partial charge in [-0.1, -0.05) is 31.5 Å². The summed E-state index contributed by atoms with van der Waals surface area (Å²) < 4.78 is 0. The van der Waals surface area contributed by atoms with Gasteiger partial charge in [-0.3, -0.25) is 4.79 Å². The van der Waals surface area contributed by atoms with Crippen molar-refractivity contribution in [2.24, 2.45) is 11.7 Å². The lowest BCUT2D eigenvalue weighted by molar-refractivity contribution is -0.135. The summed E-state index contributed by atoms with van der Waals surface area (Å²) in [6, 6.07) is 0. The first-order valence-corrected chi connectivity index (χ1v) is 6.05. The van der Waals surface area contributed by atoms with Crippen molar-refractivity contribution >= 4 is 23.1 Å². The normalized spacial score (nSPS) is 17.4. The van der Waals surface area contributed by atoms with Crippen LogP contribution in [0.3, 0.4) is 0 Å². The average Bonchev–Trinajstić information content (AvgIpc) is 2.26. The lowest BCUT2D eigenvalue weighted by Gasteiger charge is -2.26. The Balaban J connectivity index is 2.33. The zero-order valence-corrected chi connectivity index (χ0v) is 10.2. The highest BCUT2D eigenvalue weighted by Gasteiger charge is 2.23. The number of nitrogens with zero attached hydrogens (tertiary/aromatic N) is 1. The standard InChI is InChI=1S/C11H20N2OS/c1-13(8-7-10(12)15)11(14)9-5-3-2-4-6-9/h9H,2-8H2,1H3,(H2,12,15). The number of thiocarbonyl (C=S) groups is 1. The van der Waals surface area contributed by atoms with Gasteiger partial charge in [0.15, 0.2) is 0 Å². The zero-order chi connectivity index (χ0) is 11.3. The van der Waals surface area contributed by atoms with E-state index in [-0.39, 0.29) is 11.8 Å². The van der Waals surface area contributed by atoms with Gasteiger partial charge >= 0.3 is 0 Å². The third-order valence-corrected chi connectivity index (χ3v) is 3.23. The molecule has 1 aliphatic carbocycles. The molecule has 0 unspecified atom stereocenters. The van der Waals surface area contributed by atoms with Crippen molar-refractivity contribution in [3.8, 4) is 0 Å². The Hall–Kier alpha value is -0.640. The summed E-state index contributed by atoms with van der Waals surface area (Å²) in [5.41, 5.74) is 5.41. The maximum atomic E-state index is 12.0. The summed E-state index contributed by atoms with van der Waals surface area (Å²) in [6.45, 7) is 0.657. The van der Waals surface area contributed by atoms with Gasteiger partial charge in [-0.05, 0) is 12.8 Å². The maximum absolute atomic E-state index is 12.0. The molecule has 0 heterocycles. The van der Waals surface area contributed by atoms with E-state index in [1.165, 1.54) is 19.3 Å². The second-order valence-corrected chi connectivity index (χ2v) is 4.84. The van der Waals surface area contributed by atoms with E-state index in [1.807, 2.05) is 7.05 Å². The number of nitrogens with two attached hydrogens (primary N) is 1. The maximum Gasteiger partial charge on any atom is 0.225 e. The molecule has 0 atom stereocenters. The van der Waals surface area contributed by atoms with Gasteiger partial charge in [0, 0.05) is 25.9 Å². The highest BCUT2D eigenvalue weighted by atomic mass is 32.1. The van der Waals surface area contributed by atoms with E-state index in [0.717, 1.165) is 12.8 Å². The van der Waals surface area contributed by atoms with Crippen molar-refractivity contribution in [2.45, 2.75) is 38.5 Å². The Morgan fingerprint density at radius 1 is 1.40 bits per heavy atom. The average molecular weight is 228 g/mol. The van der Waals surface area contributed by atoms with Crippen LogP contribution in [0.4, 0.5) is 0 Å². The second kappa shape index (κ2) is 6.05. The molecule has 1 fully saturated rings. The van der Waals surface area contributed by atoms with Gasteiger partial charge < -0.3 is 10.6 Å². The Kier molecular flexibility index (Phi) is 5.02. The van der Waals surface area contributed by atoms with Gasteiger partial charge in [-0.2, -0.15) is 0 Å². The van der Waals surface area contributed by atoms with Crippen LogP contribution < -0.4 is 5.73 Å². The molecule has 0 saturated heterocycles. The van der Waals surface area contributed by atoms with Crippen LogP contribution in [0.15, 0.2) is 0 Å². The monoisotopic (exact) mass is 228 g/mol. The van der Waals surface area contributed by atoms with E-state index < -0.39 is 0 Å². The largest absolute Gasteiger partial charge is 0.393 e. The highest BCUT2D eigenvalue weighted by Crippen LogP contribution is 2.25. The fourth-order valence-corrected chi connectivity index (χ4v) is 2.14. The van der Waals surface area contributed by atoms with Gasteiger partial charge in [0.2, 0.25) is 5.91 Å². The molecule has 0 aromatic carbocycles. The van der Waals surface area contributed by atoms with Gasteiger partial charge in [0.1, 0.15) is 0 Å².